The SMILES string of the molecule is Cl.O=C(Nc1nc2c(s1)CN(Cc1ccccc1)CC2)c1cc(Cl)sc1Cl. The third kappa shape index (κ3) is 4.83. The summed E-state index contributed by atoms with van der Waals surface area (Å²) in [5.74, 6) is -0.273. The predicted octanol–water partition coefficient (Wildman–Crippen LogP) is 5.74. The molecule has 0 atom stereocenters. The molecule has 1 aromatic carbocycles. The van der Waals surface area contributed by atoms with Crippen LogP contribution >= 0.6 is 58.3 Å². The van der Waals surface area contributed by atoms with E-state index in [0.29, 0.717) is 19.4 Å². The van der Waals surface area contributed by atoms with Crippen molar-refractivity contribution in [1.82, 2.24) is 9.88 Å². The number of hydrogen-bond acceptors (Lipinski definition) is 5. The van der Waals surface area contributed by atoms with Gasteiger partial charge in [-0.25, -0.2) is 4.98 Å². The van der Waals surface area contributed by atoms with Crippen LogP contribution in [0.4, 0.5) is 5.13 Å². The Balaban J connectivity index is 0.00000210. The fourth-order valence-electron chi connectivity index (χ4n) is 2.94. The average Bonchev–Trinajstić information content (AvgIpc) is 3.17. The lowest BCUT2D eigenvalue weighted by atomic mass is 10.1. The summed E-state index contributed by atoms with van der Waals surface area (Å²) < 4.78 is 0.887. The van der Waals surface area contributed by atoms with Gasteiger partial charge < -0.3 is 0 Å². The van der Waals surface area contributed by atoms with Gasteiger partial charge in [0.1, 0.15) is 4.34 Å². The lowest BCUT2D eigenvalue weighted by Gasteiger charge is -2.25. The van der Waals surface area contributed by atoms with Gasteiger partial charge in [-0.15, -0.1) is 35.1 Å². The first kappa shape index (κ1) is 20.6. The molecule has 3 heterocycles. The Morgan fingerprint density at radius 2 is 2.00 bits per heavy atom. The molecule has 0 unspecified atom stereocenters. The molecule has 1 amide bonds. The minimum absolute atomic E-state index is 0. The molecule has 0 bridgehead atoms. The van der Waals surface area contributed by atoms with Crippen LogP contribution in [0.5, 0.6) is 0 Å². The molecule has 4 nitrogen and oxygen atoms in total. The van der Waals surface area contributed by atoms with E-state index in [1.807, 2.05) is 6.07 Å². The van der Waals surface area contributed by atoms with Gasteiger partial charge in [-0.3, -0.25) is 15.0 Å². The lowest BCUT2D eigenvalue weighted by Crippen LogP contribution is -2.29. The van der Waals surface area contributed by atoms with E-state index in [1.165, 1.54) is 33.1 Å². The van der Waals surface area contributed by atoms with Gasteiger partial charge in [0, 0.05) is 30.9 Å². The Hall–Kier alpha value is -1.15. The maximum Gasteiger partial charge on any atom is 0.259 e. The summed E-state index contributed by atoms with van der Waals surface area (Å²) in [5, 5.41) is 3.46. The number of nitrogens with zero attached hydrogens (tertiary/aromatic N) is 2. The second-order valence-electron chi connectivity index (χ2n) is 6.03. The van der Waals surface area contributed by atoms with Gasteiger partial charge in [0.15, 0.2) is 5.13 Å². The molecule has 0 aliphatic carbocycles. The Bertz CT molecular complexity index is 943. The number of aromatic nitrogens is 1. The van der Waals surface area contributed by atoms with Gasteiger partial charge in [-0.2, -0.15) is 0 Å². The van der Waals surface area contributed by atoms with Gasteiger partial charge in [0.2, 0.25) is 0 Å². The van der Waals surface area contributed by atoms with Crippen LogP contribution in [0.2, 0.25) is 8.67 Å². The molecular weight excluding hydrogens is 445 g/mol. The molecule has 9 heteroatoms. The molecule has 0 radical (unpaired) electrons. The van der Waals surface area contributed by atoms with E-state index in [0.717, 1.165) is 31.7 Å². The quantitative estimate of drug-likeness (QED) is 0.539. The van der Waals surface area contributed by atoms with E-state index in [-0.39, 0.29) is 18.3 Å². The first-order chi connectivity index (χ1) is 12.6. The zero-order valence-corrected chi connectivity index (χ0v) is 18.0. The summed E-state index contributed by atoms with van der Waals surface area (Å²) in [5.41, 5.74) is 2.77. The van der Waals surface area contributed by atoms with E-state index in [9.17, 15) is 4.79 Å². The van der Waals surface area contributed by atoms with E-state index in [2.05, 4.69) is 39.5 Å². The number of thiazole rings is 1. The Morgan fingerprint density at radius 1 is 1.22 bits per heavy atom. The number of nitrogens with one attached hydrogen (secondary N) is 1. The van der Waals surface area contributed by atoms with Gasteiger partial charge in [0.05, 0.1) is 15.6 Å². The first-order valence-corrected chi connectivity index (χ1v) is 10.5. The van der Waals surface area contributed by atoms with Gasteiger partial charge in [-0.1, -0.05) is 53.5 Å². The fourth-order valence-corrected chi connectivity index (χ4v) is 5.44. The second-order valence-corrected chi connectivity index (χ2v) is 9.40. The number of thiophene rings is 1. The second kappa shape index (κ2) is 8.90. The smallest absolute Gasteiger partial charge is 0.259 e. The van der Waals surface area contributed by atoms with E-state index in [4.69, 9.17) is 23.2 Å². The minimum Gasteiger partial charge on any atom is -0.298 e. The number of anilines is 1. The van der Waals surface area contributed by atoms with Crippen LogP contribution in [0.1, 0.15) is 26.5 Å². The molecular formula is C18H16Cl3N3OS2. The highest BCUT2D eigenvalue weighted by atomic mass is 35.5. The lowest BCUT2D eigenvalue weighted by molar-refractivity contribution is 0.102. The zero-order chi connectivity index (χ0) is 18.1. The van der Waals surface area contributed by atoms with Gasteiger partial charge >= 0.3 is 0 Å². The van der Waals surface area contributed by atoms with Crippen LogP contribution in [-0.4, -0.2) is 22.3 Å². The van der Waals surface area contributed by atoms with Gasteiger partial charge in [-0.05, 0) is 11.6 Å². The summed E-state index contributed by atoms with van der Waals surface area (Å²) in [6, 6.07) is 12.0. The van der Waals surface area contributed by atoms with Crippen LogP contribution in [0.25, 0.3) is 0 Å². The zero-order valence-electron chi connectivity index (χ0n) is 14.1. The molecule has 0 saturated heterocycles. The highest BCUT2D eigenvalue weighted by Gasteiger charge is 2.22. The maximum atomic E-state index is 12.4. The van der Waals surface area contributed by atoms with Gasteiger partial charge in [0.25, 0.3) is 5.91 Å². The van der Waals surface area contributed by atoms with Crippen LogP contribution in [0.15, 0.2) is 36.4 Å². The molecule has 0 saturated carbocycles. The number of rotatable bonds is 4. The van der Waals surface area contributed by atoms with Crippen molar-refractivity contribution in [2.45, 2.75) is 19.5 Å². The summed E-state index contributed by atoms with van der Waals surface area (Å²) in [6.45, 7) is 2.73. The monoisotopic (exact) mass is 459 g/mol. The van der Waals surface area contributed by atoms with E-state index in [1.54, 1.807) is 6.07 Å². The number of carbonyl (C=O) groups excluding carboxylic acids is 1. The number of fused-ring (bicyclic) bond motifs is 1. The molecule has 1 aliphatic rings. The molecule has 142 valence electrons. The fraction of sp³-hybridized carbons (Fsp3) is 0.222. The molecule has 0 fully saturated rings. The van der Waals surface area contributed by atoms with Crippen molar-refractivity contribution in [2.75, 3.05) is 11.9 Å². The third-order valence-corrected chi connectivity index (χ3v) is 6.67. The predicted molar refractivity (Wildman–Crippen MR) is 116 cm³/mol. The molecule has 0 spiro atoms. The Morgan fingerprint density at radius 3 is 2.70 bits per heavy atom. The highest BCUT2D eigenvalue weighted by Crippen LogP contribution is 2.33. The average molecular weight is 461 g/mol. The van der Waals surface area contributed by atoms with Crippen molar-refractivity contribution in [2.24, 2.45) is 0 Å². The standard InChI is InChI=1S/C18H15Cl2N3OS2.ClH/c19-15-8-12(16(20)26-15)17(24)22-18-21-13-6-7-23(10-14(13)25-18)9-11-4-2-1-3-5-11;/h1-5,8H,6-7,9-10H2,(H,21,22,24);1H. The topological polar surface area (TPSA) is 45.2 Å². The third-order valence-electron chi connectivity index (χ3n) is 4.18. The molecule has 1 aliphatic heterocycles. The van der Waals surface area contributed by atoms with E-state index < -0.39 is 0 Å². The van der Waals surface area contributed by atoms with Crippen molar-refractivity contribution >= 4 is 69.3 Å². The number of halogens is 3. The first-order valence-electron chi connectivity index (χ1n) is 8.09. The summed E-state index contributed by atoms with van der Waals surface area (Å²) in [7, 11) is 0. The Kier molecular flexibility index (Phi) is 6.78. The van der Waals surface area contributed by atoms with Crippen molar-refractivity contribution < 1.29 is 4.79 Å². The molecule has 27 heavy (non-hydrogen) atoms. The minimum atomic E-state index is -0.273. The largest absolute Gasteiger partial charge is 0.298 e. The van der Waals surface area contributed by atoms with Crippen LogP contribution in [0.3, 0.4) is 0 Å². The summed E-state index contributed by atoms with van der Waals surface area (Å²) in [4.78, 5) is 20.6. The normalized spacial score (nSPS) is 13.7. The van der Waals surface area contributed by atoms with Crippen LogP contribution in [0, 0.1) is 0 Å². The summed E-state index contributed by atoms with van der Waals surface area (Å²) in [6.07, 6.45) is 0.888. The van der Waals surface area contributed by atoms with E-state index >= 15 is 0 Å². The van der Waals surface area contributed by atoms with Crippen molar-refractivity contribution in [1.29, 1.82) is 0 Å². The van der Waals surface area contributed by atoms with Crippen molar-refractivity contribution in [3.8, 4) is 0 Å². The molecule has 3 aromatic rings. The number of benzene rings is 1. The summed E-state index contributed by atoms with van der Waals surface area (Å²) >= 11 is 14.7. The highest BCUT2D eigenvalue weighted by molar-refractivity contribution is 7.20. The Labute approximate surface area is 181 Å². The molecule has 1 N–H and O–H groups in total. The molecule has 4 rings (SSSR count). The van der Waals surface area contributed by atoms with Crippen LogP contribution in [-0.2, 0) is 19.5 Å². The molecule has 2 aromatic heterocycles. The van der Waals surface area contributed by atoms with Crippen molar-refractivity contribution in [3.63, 3.8) is 0 Å². The van der Waals surface area contributed by atoms with Crippen LogP contribution < -0.4 is 5.32 Å². The number of amides is 1. The van der Waals surface area contributed by atoms with Crippen molar-refractivity contribution in [3.05, 3.63) is 66.8 Å². The number of carbonyl (C=O) groups is 1. The number of hydrogen-bond donors (Lipinski definition) is 1. The maximum absolute atomic E-state index is 12.4.